The first-order valence-electron chi connectivity index (χ1n) is 15.3. The lowest BCUT2D eigenvalue weighted by Crippen LogP contribution is -2.38. The molecule has 45 heavy (non-hydrogen) atoms. The number of H-pyrrole nitrogens is 1. The van der Waals surface area contributed by atoms with E-state index in [1.54, 1.807) is 13.3 Å². The summed E-state index contributed by atoms with van der Waals surface area (Å²) in [4.78, 5) is 68.2. The van der Waals surface area contributed by atoms with Crippen LogP contribution in [0.15, 0.2) is 12.5 Å². The molecule has 1 rings (SSSR count). The maximum Gasteiger partial charge on any atom is 0.245 e. The molecule has 4 atom stereocenters. The largest absolute Gasteiger partial charge is 0.393 e. The summed E-state index contributed by atoms with van der Waals surface area (Å²) in [5.41, 5.74) is 12.1. The van der Waals surface area contributed by atoms with Gasteiger partial charge in [0.15, 0.2) is 11.6 Å². The molecule has 1 aromatic heterocycles. The number of rotatable bonds is 29. The second kappa shape index (κ2) is 24.2. The normalized spacial score (nSPS) is 14.0. The summed E-state index contributed by atoms with van der Waals surface area (Å²) >= 11 is 0. The Bertz CT molecular complexity index is 1010. The molecule has 1 aromatic rings. The number of unbranched alkanes of at least 4 members (excludes halogenated alkanes) is 1. The number of methoxy groups -OCH3 is 1. The Labute approximate surface area is 264 Å². The van der Waals surface area contributed by atoms with Gasteiger partial charge in [-0.2, -0.15) is 0 Å². The highest BCUT2D eigenvalue weighted by molar-refractivity contribution is 5.92. The number of aliphatic hydroxyl groups excluding tert-OH is 1. The average Bonchev–Trinajstić information content (AvgIpc) is 3.51. The van der Waals surface area contributed by atoms with Crippen molar-refractivity contribution in [3.63, 3.8) is 0 Å². The molecule has 0 spiro atoms. The Kier molecular flexibility index (Phi) is 21.5. The van der Waals surface area contributed by atoms with Gasteiger partial charge in [-0.3, -0.25) is 24.0 Å². The Morgan fingerprint density at radius 1 is 0.956 bits per heavy atom. The molecular formula is C30H51N5O10. The number of aromatic amines is 1. The molecule has 0 radical (unpaired) electrons. The van der Waals surface area contributed by atoms with Crippen LogP contribution in [0, 0.1) is 11.8 Å². The van der Waals surface area contributed by atoms with E-state index in [-0.39, 0.29) is 68.9 Å². The molecule has 1 heterocycles. The number of hydrogen-bond acceptors (Lipinski definition) is 12. The summed E-state index contributed by atoms with van der Waals surface area (Å²) in [7, 11) is 1.56. The fraction of sp³-hybridized carbons (Fsp3) is 0.733. The van der Waals surface area contributed by atoms with E-state index >= 15 is 0 Å². The second-order valence-corrected chi connectivity index (χ2v) is 10.9. The van der Waals surface area contributed by atoms with Crippen LogP contribution in [0.5, 0.6) is 0 Å². The molecule has 256 valence electrons. The third kappa shape index (κ3) is 19.1. The lowest BCUT2D eigenvalue weighted by molar-refractivity contribution is -0.134. The van der Waals surface area contributed by atoms with Crippen molar-refractivity contribution in [2.24, 2.45) is 23.3 Å². The zero-order valence-electron chi connectivity index (χ0n) is 26.5. The van der Waals surface area contributed by atoms with Crippen LogP contribution in [0.3, 0.4) is 0 Å². The molecule has 0 saturated carbocycles. The topological polar surface area (TPSA) is 235 Å². The third-order valence-corrected chi connectivity index (χ3v) is 7.03. The number of aliphatic hydroxyl groups is 1. The Morgan fingerprint density at radius 3 is 2.33 bits per heavy atom. The van der Waals surface area contributed by atoms with Crippen LogP contribution in [0.4, 0.5) is 0 Å². The summed E-state index contributed by atoms with van der Waals surface area (Å²) < 4.78 is 20.7. The minimum atomic E-state index is -1.11. The maximum absolute atomic E-state index is 13.1. The van der Waals surface area contributed by atoms with Crippen LogP contribution in [0.25, 0.3) is 0 Å². The molecule has 15 nitrogen and oxygen atoms in total. The van der Waals surface area contributed by atoms with Crippen molar-refractivity contribution in [3.8, 4) is 0 Å². The minimum Gasteiger partial charge on any atom is -0.393 e. The number of hydrogen-bond donors (Lipinski definition) is 5. The van der Waals surface area contributed by atoms with Gasteiger partial charge < -0.3 is 45.8 Å². The fourth-order valence-electron chi connectivity index (χ4n) is 4.36. The number of imidazole rings is 1. The predicted octanol–water partition coefficient (Wildman–Crippen LogP) is -0.372. The first-order chi connectivity index (χ1) is 21.5. The second-order valence-electron chi connectivity index (χ2n) is 10.9. The van der Waals surface area contributed by atoms with Gasteiger partial charge in [-0.15, -0.1) is 0 Å². The van der Waals surface area contributed by atoms with Crippen molar-refractivity contribution in [2.75, 3.05) is 59.9 Å². The van der Waals surface area contributed by atoms with Crippen LogP contribution < -0.4 is 16.8 Å². The number of ether oxygens (including phenoxy) is 4. The fourth-order valence-corrected chi connectivity index (χ4v) is 4.36. The van der Waals surface area contributed by atoms with Crippen LogP contribution >= 0.6 is 0 Å². The van der Waals surface area contributed by atoms with E-state index in [0.29, 0.717) is 64.2 Å². The van der Waals surface area contributed by atoms with E-state index in [4.69, 9.17) is 30.4 Å². The Hall–Kier alpha value is -3.08. The molecule has 0 fully saturated rings. The van der Waals surface area contributed by atoms with Crippen molar-refractivity contribution in [2.45, 2.75) is 70.4 Å². The van der Waals surface area contributed by atoms with Gasteiger partial charge in [0.25, 0.3) is 0 Å². The molecule has 2 amide bonds. The number of ketones is 3. The van der Waals surface area contributed by atoms with Crippen LogP contribution in [-0.4, -0.2) is 116 Å². The molecule has 0 saturated heterocycles. The number of amides is 2. The summed E-state index contributed by atoms with van der Waals surface area (Å²) in [5.74, 6) is -3.51. The number of nitrogens with one attached hydrogen (secondary N) is 2. The standard InChI is InChI=1S/C30H51N5O10/c1-21(36)25(30(32)41)16-27(38)22(14-28(39)26(31)15-23-17-33-20-35-23)6-3-4-8-34-29(40)19-45-13-12-43-9-5-7-24(37)18-44-11-10-42-2/h17,20-22,25-26,36H,3-16,18-19,31H2,1-2H3,(H2,32,41)(H,33,35)(H,34,40)/t21-,22-,25+,26+/m1/s1. The highest BCUT2D eigenvalue weighted by Gasteiger charge is 2.30. The smallest absolute Gasteiger partial charge is 0.245 e. The van der Waals surface area contributed by atoms with E-state index < -0.39 is 29.9 Å². The Balaban J connectivity index is 2.33. The van der Waals surface area contributed by atoms with E-state index in [1.165, 1.54) is 13.3 Å². The molecule has 0 aliphatic carbocycles. The summed E-state index contributed by atoms with van der Waals surface area (Å²) in [6, 6.07) is -0.838. The third-order valence-electron chi connectivity index (χ3n) is 7.03. The van der Waals surface area contributed by atoms with Crippen molar-refractivity contribution < 1.29 is 48.0 Å². The van der Waals surface area contributed by atoms with Crippen LogP contribution in [-0.2, 0) is 49.3 Å². The number of carbonyl (C=O) groups excluding carboxylic acids is 5. The molecule has 15 heteroatoms. The summed E-state index contributed by atoms with van der Waals surface area (Å²) in [5, 5.41) is 12.6. The molecule has 0 bridgehead atoms. The summed E-state index contributed by atoms with van der Waals surface area (Å²) in [6.45, 7) is 3.37. The van der Waals surface area contributed by atoms with Gasteiger partial charge in [0.05, 0.1) is 50.8 Å². The van der Waals surface area contributed by atoms with E-state index in [9.17, 15) is 29.1 Å². The Morgan fingerprint density at radius 2 is 1.67 bits per heavy atom. The molecule has 7 N–H and O–H groups in total. The molecular weight excluding hydrogens is 590 g/mol. The van der Waals surface area contributed by atoms with Crippen LogP contribution in [0.1, 0.15) is 57.6 Å². The van der Waals surface area contributed by atoms with E-state index in [0.717, 1.165) is 0 Å². The van der Waals surface area contributed by atoms with Crippen molar-refractivity contribution in [1.29, 1.82) is 0 Å². The van der Waals surface area contributed by atoms with E-state index in [2.05, 4.69) is 15.3 Å². The molecule has 0 aromatic carbocycles. The van der Waals surface area contributed by atoms with Gasteiger partial charge in [0.2, 0.25) is 11.8 Å². The number of carbonyl (C=O) groups is 5. The first kappa shape index (κ1) is 39.9. The van der Waals surface area contributed by atoms with Gasteiger partial charge in [0, 0.05) is 63.8 Å². The monoisotopic (exact) mass is 641 g/mol. The van der Waals surface area contributed by atoms with Gasteiger partial charge in [-0.25, -0.2) is 4.98 Å². The van der Waals surface area contributed by atoms with Crippen molar-refractivity contribution in [1.82, 2.24) is 15.3 Å². The zero-order valence-corrected chi connectivity index (χ0v) is 26.5. The van der Waals surface area contributed by atoms with E-state index in [1.807, 2.05) is 0 Å². The first-order valence-corrected chi connectivity index (χ1v) is 15.3. The number of aromatic nitrogens is 2. The predicted molar refractivity (Wildman–Crippen MR) is 163 cm³/mol. The van der Waals surface area contributed by atoms with Gasteiger partial charge in [0.1, 0.15) is 19.0 Å². The average molecular weight is 642 g/mol. The minimum absolute atomic E-state index is 0.00297. The number of nitrogens with zero attached hydrogens (tertiary/aromatic N) is 1. The summed E-state index contributed by atoms with van der Waals surface area (Å²) in [6.07, 6.45) is 4.12. The quantitative estimate of drug-likeness (QED) is 0.0705. The SMILES string of the molecule is COCCOCC(=O)CCCOCCOCC(=O)NCCCC[C@H](CC(=O)[C@@H](N)Cc1cnc[nH]1)C(=O)C[C@H](C(N)=O)[C@@H](C)O. The number of nitrogens with two attached hydrogens (primary N) is 2. The van der Waals surface area contributed by atoms with Crippen LogP contribution in [0.2, 0.25) is 0 Å². The van der Waals surface area contributed by atoms with Gasteiger partial charge >= 0.3 is 0 Å². The highest BCUT2D eigenvalue weighted by atomic mass is 16.5. The lowest BCUT2D eigenvalue weighted by atomic mass is 9.84. The number of primary amides is 1. The van der Waals surface area contributed by atoms with Crippen molar-refractivity contribution >= 4 is 29.2 Å². The maximum atomic E-state index is 13.1. The van der Waals surface area contributed by atoms with Gasteiger partial charge in [-0.05, 0) is 26.2 Å². The molecule has 0 aliphatic rings. The highest BCUT2D eigenvalue weighted by Crippen LogP contribution is 2.21. The molecule has 0 unspecified atom stereocenters. The van der Waals surface area contributed by atoms with Crippen molar-refractivity contribution in [3.05, 3.63) is 18.2 Å². The lowest BCUT2D eigenvalue weighted by Gasteiger charge is -2.21. The molecule has 0 aliphatic heterocycles. The number of Topliss-reactive ketones (excluding diaryl/α,β-unsaturated/α-hetero) is 3. The van der Waals surface area contributed by atoms with Gasteiger partial charge in [-0.1, -0.05) is 6.42 Å². The zero-order chi connectivity index (χ0) is 33.5.